The molecular formula is C10H14N2O2. The highest BCUT2D eigenvalue weighted by molar-refractivity contribution is 5.14. The third-order valence-corrected chi connectivity index (χ3v) is 2.87. The van der Waals surface area contributed by atoms with E-state index in [1.165, 1.54) is 6.33 Å². The Labute approximate surface area is 83.0 Å². The van der Waals surface area contributed by atoms with Crippen LogP contribution >= 0.6 is 0 Å². The van der Waals surface area contributed by atoms with Gasteiger partial charge in [-0.05, 0) is 13.3 Å². The molecule has 0 aliphatic carbocycles. The molecule has 0 aromatic carbocycles. The summed E-state index contributed by atoms with van der Waals surface area (Å²) in [6, 6.07) is 0. The summed E-state index contributed by atoms with van der Waals surface area (Å²) in [4.78, 5) is 7.82. The lowest BCUT2D eigenvalue weighted by atomic mass is 9.84. The summed E-state index contributed by atoms with van der Waals surface area (Å²) in [6.07, 6.45) is 5.67. The van der Waals surface area contributed by atoms with Crippen LogP contribution in [-0.2, 0) is 10.3 Å². The van der Waals surface area contributed by atoms with Crippen LogP contribution in [0.4, 0.5) is 0 Å². The maximum atomic E-state index is 10.3. The predicted molar refractivity (Wildman–Crippen MR) is 50.5 cm³/mol. The number of ether oxygens (including phenoxy) is 1. The van der Waals surface area contributed by atoms with Crippen LogP contribution in [0.1, 0.15) is 18.9 Å². The van der Waals surface area contributed by atoms with Crippen molar-refractivity contribution in [3.8, 4) is 0 Å². The van der Waals surface area contributed by atoms with Crippen LogP contribution in [-0.4, -0.2) is 28.3 Å². The Balaban J connectivity index is 2.22. The van der Waals surface area contributed by atoms with E-state index in [9.17, 15) is 5.11 Å². The maximum absolute atomic E-state index is 10.3. The van der Waals surface area contributed by atoms with Crippen molar-refractivity contribution >= 4 is 0 Å². The maximum Gasteiger partial charge on any atom is 0.115 e. The Morgan fingerprint density at radius 1 is 1.50 bits per heavy atom. The molecule has 0 radical (unpaired) electrons. The molecule has 4 heteroatoms. The molecule has 0 amide bonds. The van der Waals surface area contributed by atoms with Crippen LogP contribution in [0.25, 0.3) is 0 Å². The van der Waals surface area contributed by atoms with Crippen LogP contribution in [0, 0.1) is 5.92 Å². The van der Waals surface area contributed by atoms with Crippen molar-refractivity contribution in [3.63, 3.8) is 0 Å². The molecule has 1 saturated heterocycles. The van der Waals surface area contributed by atoms with Gasteiger partial charge in [-0.1, -0.05) is 0 Å². The quantitative estimate of drug-likeness (QED) is 0.753. The Bertz CT molecular complexity index is 294. The fraction of sp³-hybridized carbons (Fsp3) is 0.600. The standard InChI is InChI=1S/C10H14N2O2/c1-10(13,8-2-3-14-6-8)9-4-11-7-12-5-9/h4-5,7-8,13H,2-3,6H2,1H3. The molecule has 76 valence electrons. The van der Waals surface area contributed by atoms with E-state index in [1.807, 2.05) is 0 Å². The molecule has 2 heterocycles. The van der Waals surface area contributed by atoms with Gasteiger partial charge in [-0.15, -0.1) is 0 Å². The molecule has 0 saturated carbocycles. The number of aliphatic hydroxyl groups is 1. The van der Waals surface area contributed by atoms with Crippen LogP contribution in [0.15, 0.2) is 18.7 Å². The largest absolute Gasteiger partial charge is 0.385 e. The normalized spacial score (nSPS) is 26.0. The summed E-state index contributed by atoms with van der Waals surface area (Å²) >= 11 is 0. The molecule has 1 aromatic heterocycles. The molecular weight excluding hydrogens is 180 g/mol. The third-order valence-electron chi connectivity index (χ3n) is 2.87. The van der Waals surface area contributed by atoms with E-state index in [1.54, 1.807) is 19.3 Å². The van der Waals surface area contributed by atoms with Gasteiger partial charge in [0, 0.05) is 30.5 Å². The highest BCUT2D eigenvalue weighted by Crippen LogP contribution is 2.33. The molecule has 1 aromatic rings. The Hall–Kier alpha value is -1.00. The molecule has 1 N–H and O–H groups in total. The SMILES string of the molecule is CC(O)(c1cncnc1)C1CCOC1. The minimum atomic E-state index is -0.877. The summed E-state index contributed by atoms with van der Waals surface area (Å²) in [5.74, 6) is 0.147. The summed E-state index contributed by atoms with van der Waals surface area (Å²) < 4.78 is 5.26. The first kappa shape index (κ1) is 9.55. The highest BCUT2D eigenvalue weighted by atomic mass is 16.5. The lowest BCUT2D eigenvalue weighted by Gasteiger charge is -2.28. The molecule has 2 atom stereocenters. The summed E-state index contributed by atoms with van der Waals surface area (Å²) in [7, 11) is 0. The first-order valence-corrected chi connectivity index (χ1v) is 4.77. The average Bonchev–Trinajstić information content (AvgIpc) is 2.72. The zero-order chi connectivity index (χ0) is 10.0. The first-order chi connectivity index (χ1) is 6.71. The second kappa shape index (κ2) is 3.63. The van der Waals surface area contributed by atoms with Crippen molar-refractivity contribution in [2.45, 2.75) is 18.9 Å². The Morgan fingerprint density at radius 3 is 2.79 bits per heavy atom. The van der Waals surface area contributed by atoms with E-state index < -0.39 is 5.60 Å². The molecule has 14 heavy (non-hydrogen) atoms. The molecule has 1 fully saturated rings. The van der Waals surface area contributed by atoms with Gasteiger partial charge in [0.15, 0.2) is 0 Å². The van der Waals surface area contributed by atoms with E-state index in [-0.39, 0.29) is 5.92 Å². The van der Waals surface area contributed by atoms with Gasteiger partial charge in [-0.2, -0.15) is 0 Å². The fourth-order valence-electron chi connectivity index (χ4n) is 1.77. The van der Waals surface area contributed by atoms with Crippen LogP contribution in [0.2, 0.25) is 0 Å². The summed E-state index contributed by atoms with van der Waals surface area (Å²) in [5.41, 5.74) is -0.117. The van der Waals surface area contributed by atoms with Crippen molar-refractivity contribution in [1.82, 2.24) is 9.97 Å². The van der Waals surface area contributed by atoms with E-state index >= 15 is 0 Å². The van der Waals surface area contributed by atoms with Crippen molar-refractivity contribution in [2.24, 2.45) is 5.92 Å². The van der Waals surface area contributed by atoms with Gasteiger partial charge in [0.2, 0.25) is 0 Å². The number of aromatic nitrogens is 2. The van der Waals surface area contributed by atoms with Crippen LogP contribution in [0.5, 0.6) is 0 Å². The van der Waals surface area contributed by atoms with Crippen molar-refractivity contribution in [2.75, 3.05) is 13.2 Å². The first-order valence-electron chi connectivity index (χ1n) is 4.77. The minimum absolute atomic E-state index is 0.147. The third kappa shape index (κ3) is 1.63. The minimum Gasteiger partial charge on any atom is -0.385 e. The second-order valence-corrected chi connectivity index (χ2v) is 3.84. The highest BCUT2D eigenvalue weighted by Gasteiger charge is 2.36. The number of rotatable bonds is 2. The fourth-order valence-corrected chi connectivity index (χ4v) is 1.77. The van der Waals surface area contributed by atoms with Gasteiger partial charge >= 0.3 is 0 Å². The van der Waals surface area contributed by atoms with Crippen molar-refractivity contribution in [3.05, 3.63) is 24.3 Å². The molecule has 2 unspecified atom stereocenters. The number of hydrogen-bond donors (Lipinski definition) is 1. The van der Waals surface area contributed by atoms with E-state index in [4.69, 9.17) is 4.74 Å². The summed E-state index contributed by atoms with van der Waals surface area (Å²) in [5, 5.41) is 10.3. The second-order valence-electron chi connectivity index (χ2n) is 3.84. The van der Waals surface area contributed by atoms with Crippen LogP contribution < -0.4 is 0 Å². The zero-order valence-electron chi connectivity index (χ0n) is 8.18. The van der Waals surface area contributed by atoms with Gasteiger partial charge in [0.05, 0.1) is 12.2 Å². The number of hydrogen-bond acceptors (Lipinski definition) is 4. The monoisotopic (exact) mass is 194 g/mol. The lowest BCUT2D eigenvalue weighted by Crippen LogP contribution is -2.32. The summed E-state index contributed by atoms with van der Waals surface area (Å²) in [6.45, 7) is 3.14. The predicted octanol–water partition coefficient (Wildman–Crippen LogP) is 0.721. The van der Waals surface area contributed by atoms with Crippen molar-refractivity contribution < 1.29 is 9.84 Å². The van der Waals surface area contributed by atoms with E-state index in [0.717, 1.165) is 18.6 Å². The molecule has 0 bridgehead atoms. The van der Waals surface area contributed by atoms with Gasteiger partial charge in [-0.25, -0.2) is 9.97 Å². The average molecular weight is 194 g/mol. The van der Waals surface area contributed by atoms with E-state index in [2.05, 4.69) is 9.97 Å². The molecule has 2 rings (SSSR count). The molecule has 4 nitrogen and oxygen atoms in total. The number of nitrogens with zero attached hydrogens (tertiary/aromatic N) is 2. The van der Waals surface area contributed by atoms with Gasteiger partial charge in [0.1, 0.15) is 6.33 Å². The van der Waals surface area contributed by atoms with Gasteiger partial charge in [-0.3, -0.25) is 0 Å². The smallest absolute Gasteiger partial charge is 0.115 e. The molecule has 1 aliphatic heterocycles. The zero-order valence-corrected chi connectivity index (χ0v) is 8.18. The van der Waals surface area contributed by atoms with E-state index in [0.29, 0.717) is 6.61 Å². The molecule has 1 aliphatic rings. The molecule has 0 spiro atoms. The topological polar surface area (TPSA) is 55.2 Å². The van der Waals surface area contributed by atoms with Crippen molar-refractivity contribution in [1.29, 1.82) is 0 Å². The van der Waals surface area contributed by atoms with Gasteiger partial charge < -0.3 is 9.84 Å². The van der Waals surface area contributed by atoms with Gasteiger partial charge in [0.25, 0.3) is 0 Å². The Morgan fingerprint density at radius 2 is 2.21 bits per heavy atom. The Kier molecular flexibility index (Phi) is 2.48. The van der Waals surface area contributed by atoms with Crippen LogP contribution in [0.3, 0.4) is 0 Å². The lowest BCUT2D eigenvalue weighted by molar-refractivity contribution is -0.0103.